The van der Waals surface area contributed by atoms with E-state index in [0.29, 0.717) is 77.1 Å². The van der Waals surface area contributed by atoms with Gasteiger partial charge in [-0.2, -0.15) is 9.97 Å². The number of amides is 3. The van der Waals surface area contributed by atoms with Crippen LogP contribution in [0.1, 0.15) is 149 Å². The summed E-state index contributed by atoms with van der Waals surface area (Å²) in [7, 11) is -5.73. The number of aliphatic hydroxyl groups is 1. The van der Waals surface area contributed by atoms with Gasteiger partial charge in [0.25, 0.3) is 11.8 Å². The van der Waals surface area contributed by atoms with E-state index in [2.05, 4.69) is 220 Å². The molecule has 2 aliphatic carbocycles. The third kappa shape index (κ3) is 23.3. The average molecular weight is 1720 g/mol. The van der Waals surface area contributed by atoms with Gasteiger partial charge in [-0.25, -0.2) is 39.9 Å². The number of aromatic amines is 4. The number of nitrogens with zero attached hydrogens (tertiary/aromatic N) is 11. The third-order valence-electron chi connectivity index (χ3n) is 24.1. The van der Waals surface area contributed by atoms with Crippen molar-refractivity contribution in [3.05, 3.63) is 162 Å². The number of nitrogens with one attached hydrogen (secondary N) is 8. The second-order valence-electron chi connectivity index (χ2n) is 35.7. The van der Waals surface area contributed by atoms with Gasteiger partial charge in [0.05, 0.1) is 52.0 Å². The number of hydrogen-bond donors (Lipinski definition) is 10. The van der Waals surface area contributed by atoms with E-state index in [9.17, 15) is 19.5 Å². The molecule has 10 aromatic rings. The molecule has 4 unspecified atom stereocenters. The van der Waals surface area contributed by atoms with Crippen LogP contribution in [-0.4, -0.2) is 198 Å². The molecular weight excluding hydrogens is 1600 g/mol. The molecule has 4 aliphatic rings. The van der Waals surface area contributed by atoms with E-state index in [-0.39, 0.29) is 97.7 Å². The van der Waals surface area contributed by atoms with Crippen molar-refractivity contribution in [3.8, 4) is 0 Å². The molecule has 8 aromatic heterocycles. The number of likely N-dealkylation sites (tertiary alicyclic amines) is 1. The summed E-state index contributed by atoms with van der Waals surface area (Å²) >= 11 is 17.5. The number of H-pyrrole nitrogens is 4. The van der Waals surface area contributed by atoms with Crippen molar-refractivity contribution in [2.24, 2.45) is 27.6 Å². The molecule has 11 N–H and O–H groups in total. The summed E-state index contributed by atoms with van der Waals surface area (Å²) in [6.07, 6.45) is 15.6. The largest absolute Gasteiger partial charge is 0.413 e. The molecule has 2 aromatic carbocycles. The first kappa shape index (κ1) is 91.8. The summed E-state index contributed by atoms with van der Waals surface area (Å²) in [5.74, 6) is 1.80. The molecular formula is C85H119Cl3N20O7Si3. The highest BCUT2D eigenvalue weighted by molar-refractivity contribution is 6.75. The summed E-state index contributed by atoms with van der Waals surface area (Å²) in [5.41, 5.74) is 12.1. The molecule has 14 rings (SSSR count). The highest BCUT2D eigenvalue weighted by Gasteiger charge is 2.46. The van der Waals surface area contributed by atoms with Crippen LogP contribution in [-0.2, 0) is 18.1 Å². The Morgan fingerprint density at radius 1 is 0.534 bits per heavy atom. The Balaban J connectivity index is 0.000000160. The molecule has 4 fully saturated rings. The lowest BCUT2D eigenvalue weighted by Gasteiger charge is -2.44. The summed E-state index contributed by atoms with van der Waals surface area (Å²) < 4.78 is 20.2. The van der Waals surface area contributed by atoms with Crippen LogP contribution in [0.2, 0.25) is 70.1 Å². The molecule has 0 radical (unpaired) electrons. The van der Waals surface area contributed by atoms with Crippen molar-refractivity contribution in [1.29, 1.82) is 0 Å². The zero-order valence-corrected chi connectivity index (χ0v) is 76.7. The van der Waals surface area contributed by atoms with E-state index in [1.165, 1.54) is 12.4 Å². The number of hydrogen-bond acceptors (Lipinski definition) is 20. The highest BCUT2D eigenvalue weighted by Crippen LogP contribution is 2.43. The molecule has 10 heterocycles. The average Bonchev–Trinajstić information content (AvgIpc) is 1.06. The Morgan fingerprint density at radius 3 is 1.44 bits per heavy atom. The van der Waals surface area contributed by atoms with Gasteiger partial charge in [-0.1, -0.05) is 131 Å². The van der Waals surface area contributed by atoms with Gasteiger partial charge in [-0.05, 0) is 172 Å². The SMILES string of the molecule is C=CC(=O)N1C[C@H](Nc2ncnc3[nH]ccc23)CC(O)[C@@H]1C.C[C@@H]1C(=NC(=O)c2ccccc2)C[C@H](N)CC1O[Si](C)(C)C(C)(C)C.C[C@@H]1C(=NC(=O)c2ccccc2)C[C@H](Nc2nc(Cl)nc3[nH]ccc23)CC1O[Si](C)(C)C(C)(C)C.C[C@@H]1NC[C@H](Nc2ncnc3[nH]ccc23)CC1O[Si](C)(C)C(C)(C)C.Clc1nc(Cl)c2cc[nH]c2n1. The summed E-state index contributed by atoms with van der Waals surface area (Å²) in [6, 6.07) is 26.4. The van der Waals surface area contributed by atoms with E-state index in [1.54, 1.807) is 54.0 Å². The number of fused-ring (bicyclic) bond motifs is 4. The van der Waals surface area contributed by atoms with Gasteiger partial charge in [0.15, 0.2) is 25.0 Å². The third-order valence-corrected chi connectivity index (χ3v) is 38.2. The number of benzene rings is 2. The molecule has 2 aliphatic heterocycles. The fourth-order valence-electron chi connectivity index (χ4n) is 13.8. The van der Waals surface area contributed by atoms with Crippen molar-refractivity contribution < 1.29 is 32.8 Å². The van der Waals surface area contributed by atoms with E-state index in [1.807, 2.05) is 73.9 Å². The van der Waals surface area contributed by atoms with Crippen molar-refractivity contribution >= 4 is 150 Å². The Hall–Kier alpha value is -8.51. The van der Waals surface area contributed by atoms with Gasteiger partial charge in [0.1, 0.15) is 57.9 Å². The van der Waals surface area contributed by atoms with Crippen LogP contribution in [0.15, 0.2) is 145 Å². The van der Waals surface area contributed by atoms with Gasteiger partial charge >= 0.3 is 0 Å². The van der Waals surface area contributed by atoms with Gasteiger partial charge in [-0.3, -0.25) is 14.4 Å². The molecule has 2 saturated carbocycles. The number of aliphatic hydroxyl groups excluding tert-OH is 1. The first-order valence-electron chi connectivity index (χ1n) is 40.5. The Kier molecular flexibility index (Phi) is 30.3. The summed E-state index contributed by atoms with van der Waals surface area (Å²) in [5, 5.41) is 29.0. The van der Waals surface area contributed by atoms with Crippen molar-refractivity contribution in [2.45, 2.75) is 244 Å². The zero-order valence-electron chi connectivity index (χ0n) is 71.4. The van der Waals surface area contributed by atoms with Crippen LogP contribution in [0.25, 0.3) is 44.1 Å². The zero-order chi connectivity index (χ0) is 86.0. The topological polar surface area (TPSA) is 368 Å². The predicted molar refractivity (Wildman–Crippen MR) is 484 cm³/mol. The van der Waals surface area contributed by atoms with E-state index in [4.69, 9.17) is 53.8 Å². The molecule has 2 saturated heterocycles. The van der Waals surface area contributed by atoms with Crippen LogP contribution in [0.5, 0.6) is 0 Å². The second kappa shape index (κ2) is 38.9. The molecule has 33 heteroatoms. The molecule has 118 heavy (non-hydrogen) atoms. The minimum absolute atomic E-state index is 0.00621. The maximum absolute atomic E-state index is 13.0. The van der Waals surface area contributed by atoms with Crippen molar-refractivity contribution in [3.63, 3.8) is 0 Å². The lowest BCUT2D eigenvalue weighted by molar-refractivity contribution is -0.133. The molecule has 0 spiro atoms. The van der Waals surface area contributed by atoms with Crippen LogP contribution in [0.3, 0.4) is 0 Å². The normalized spacial score (nSPS) is 23.4. The molecule has 634 valence electrons. The fourth-order valence-corrected chi connectivity index (χ4v) is 18.7. The highest BCUT2D eigenvalue weighted by atomic mass is 35.5. The van der Waals surface area contributed by atoms with Crippen LogP contribution in [0.4, 0.5) is 17.5 Å². The first-order chi connectivity index (χ1) is 55.5. The first-order valence-corrected chi connectivity index (χ1v) is 50.4. The number of piperidine rings is 2. The minimum atomic E-state index is -2.05. The van der Waals surface area contributed by atoms with E-state index >= 15 is 0 Å². The number of aromatic nitrogens is 12. The van der Waals surface area contributed by atoms with E-state index in [0.717, 1.165) is 75.9 Å². The van der Waals surface area contributed by atoms with Crippen molar-refractivity contribution in [1.82, 2.24) is 70.0 Å². The maximum atomic E-state index is 13.0. The Morgan fingerprint density at radius 2 is 0.949 bits per heavy atom. The van der Waals surface area contributed by atoms with Gasteiger partial charge in [-0.15, -0.1) is 0 Å². The molecule has 3 amide bonds. The second-order valence-corrected chi connectivity index (χ2v) is 51.0. The van der Waals surface area contributed by atoms with Crippen LogP contribution < -0.4 is 27.0 Å². The maximum Gasteiger partial charge on any atom is 0.276 e. The summed E-state index contributed by atoms with van der Waals surface area (Å²) in [6.45, 7) is 47.2. The number of anilines is 3. The fraction of sp³-hybridized carbons (Fsp3) is 0.494. The Bertz CT molecular complexity index is 5120. The number of aliphatic imine (C=N–C) groups is 2. The van der Waals surface area contributed by atoms with E-state index < -0.39 is 31.1 Å². The van der Waals surface area contributed by atoms with Gasteiger partial charge in [0.2, 0.25) is 16.5 Å². The summed E-state index contributed by atoms with van der Waals surface area (Å²) in [4.78, 5) is 93.6. The number of halogens is 3. The van der Waals surface area contributed by atoms with Gasteiger partial charge < -0.3 is 70.2 Å². The van der Waals surface area contributed by atoms with Crippen LogP contribution in [0, 0.1) is 11.8 Å². The molecule has 12 atom stereocenters. The molecule has 0 bridgehead atoms. The van der Waals surface area contributed by atoms with Crippen LogP contribution >= 0.6 is 34.8 Å². The minimum Gasteiger partial charge on any atom is -0.413 e. The van der Waals surface area contributed by atoms with Gasteiger partial charge in [0, 0.05) is 115 Å². The molecule has 27 nitrogen and oxygen atoms in total. The number of nitrogens with two attached hydrogens (primary N) is 1. The smallest absolute Gasteiger partial charge is 0.276 e. The number of carbonyl (C=O) groups is 3. The quantitative estimate of drug-likeness (QED) is 0.0197. The monoisotopic (exact) mass is 1720 g/mol. The number of carbonyl (C=O) groups excluding carboxylic acids is 3. The standard InChI is InChI=1S/C26H34ClN5O2Si.C20H32N2O2Si.C18H31N5OSi.C15H19N5O2.C6H3Cl2N3/c1-16-20(30-24(33)17-10-8-7-9-11-17)14-18(15-21(16)34-35(5,6)26(2,3)4)29-23-19-12-13-28-22(19)31-25(27)32-23;1-14-17(22-19(23)15-10-8-7-9-11-15)12-16(21)13-18(14)24-25(5,6)20(2,3)4;1-12-15(24-25(5,6)18(2,3)4)9-13(10-20-12)23-17-14-7-8-19-16(14)21-11-22-17;1-3-13(22)20-7-10(6-12(21)9(20)2)19-15-11-4-5-16-14(11)17-8-18-15;7-4-3-1-2-9-5(3)11-6(8)10-4/h7-13,16,18,21H,14-15H2,1-6H3,(H2,28,29,31,32);7-11,14,16,18H,12-13,21H2,1-6H3;7-8,11-13,15,20H,9-10H2,1-6H3,(H2,19,21,22,23);3-5,8-10,12,21H,1,6-7H2,2H3,(H2,16,17,18,19);1-2H,(H,9,10,11)/t16-,18+,21?;14-,16+,18?;12-,13+,15?;9-,10+,12?;/m1100./s1. The lowest BCUT2D eigenvalue weighted by atomic mass is 9.82. The number of rotatable bonds is 15. The predicted octanol–water partition coefficient (Wildman–Crippen LogP) is 17.6. The Labute approximate surface area is 710 Å². The lowest BCUT2D eigenvalue weighted by Crippen LogP contribution is -2.56. The van der Waals surface area contributed by atoms with Crippen molar-refractivity contribution in [2.75, 3.05) is 29.0 Å².